The van der Waals surface area contributed by atoms with Gasteiger partial charge in [-0.05, 0) is 47.5 Å². The van der Waals surface area contributed by atoms with Crippen LogP contribution in [0.4, 0.5) is 11.4 Å². The quantitative estimate of drug-likeness (QED) is 0.401. The Morgan fingerprint density at radius 2 is 1.46 bits per heavy atom. The summed E-state index contributed by atoms with van der Waals surface area (Å²) < 4.78 is 17.1. The van der Waals surface area contributed by atoms with Crippen molar-refractivity contribution in [2.24, 2.45) is 0 Å². The minimum atomic E-state index is 0.671. The third kappa shape index (κ3) is 7.38. The Bertz CT molecular complexity index is 1070. The molecule has 0 amide bonds. The van der Waals surface area contributed by atoms with E-state index in [4.69, 9.17) is 14.2 Å². The minimum Gasteiger partial charge on any atom is -0.497 e. The Balaban J connectivity index is 1.51. The molecule has 0 spiro atoms. The standard InChI is InChI=1S/C29H37N3O3/c1-30(2)26-9-4-7-24(19-26)22-32(23-25-8-5-11-28(20-25)33-3)27-10-6-12-29(21-27)35-18-15-31-13-16-34-17-14-31/h4-12,19-21H,13-18,22-23H2,1-3H3. The summed E-state index contributed by atoms with van der Waals surface area (Å²) in [6.45, 7) is 6.71. The Morgan fingerprint density at radius 1 is 0.800 bits per heavy atom. The van der Waals surface area contributed by atoms with Crippen LogP contribution in [0, 0.1) is 0 Å². The summed E-state index contributed by atoms with van der Waals surface area (Å²) >= 11 is 0. The molecule has 6 nitrogen and oxygen atoms in total. The summed E-state index contributed by atoms with van der Waals surface area (Å²) in [5, 5.41) is 0. The molecule has 1 heterocycles. The first-order valence-electron chi connectivity index (χ1n) is 12.3. The SMILES string of the molecule is COc1cccc(CN(Cc2cccc(N(C)C)c2)c2cccc(OCCN3CCOCC3)c2)c1. The molecule has 0 bridgehead atoms. The average molecular weight is 476 g/mol. The molecular weight excluding hydrogens is 438 g/mol. The summed E-state index contributed by atoms with van der Waals surface area (Å²) in [6.07, 6.45) is 0. The summed E-state index contributed by atoms with van der Waals surface area (Å²) in [5.41, 5.74) is 4.79. The first-order chi connectivity index (χ1) is 17.1. The maximum absolute atomic E-state index is 6.15. The second-order valence-electron chi connectivity index (χ2n) is 9.07. The fraction of sp³-hybridized carbons (Fsp3) is 0.379. The molecule has 6 heteroatoms. The third-order valence-electron chi connectivity index (χ3n) is 6.27. The van der Waals surface area contributed by atoms with Crippen LogP contribution in [0.2, 0.25) is 0 Å². The molecular formula is C29H37N3O3. The van der Waals surface area contributed by atoms with Crippen LogP contribution in [0.3, 0.4) is 0 Å². The molecule has 35 heavy (non-hydrogen) atoms. The summed E-state index contributed by atoms with van der Waals surface area (Å²) in [7, 11) is 5.86. The van der Waals surface area contributed by atoms with Gasteiger partial charge in [-0.15, -0.1) is 0 Å². The molecule has 0 aliphatic carbocycles. The van der Waals surface area contributed by atoms with Gasteiger partial charge in [0.15, 0.2) is 0 Å². The lowest BCUT2D eigenvalue weighted by Crippen LogP contribution is -2.38. The summed E-state index contributed by atoms with van der Waals surface area (Å²) in [6, 6.07) is 25.4. The number of anilines is 2. The van der Waals surface area contributed by atoms with E-state index in [-0.39, 0.29) is 0 Å². The van der Waals surface area contributed by atoms with Crippen molar-refractivity contribution in [3.8, 4) is 11.5 Å². The first-order valence-corrected chi connectivity index (χ1v) is 12.3. The summed E-state index contributed by atoms with van der Waals surface area (Å²) in [4.78, 5) is 6.91. The van der Waals surface area contributed by atoms with E-state index in [1.54, 1.807) is 7.11 Å². The Labute approximate surface area is 209 Å². The van der Waals surface area contributed by atoms with Gasteiger partial charge in [0.1, 0.15) is 18.1 Å². The van der Waals surface area contributed by atoms with Gasteiger partial charge in [-0.2, -0.15) is 0 Å². The van der Waals surface area contributed by atoms with E-state index in [0.29, 0.717) is 6.61 Å². The van der Waals surface area contributed by atoms with Crippen molar-refractivity contribution in [1.82, 2.24) is 4.90 Å². The molecule has 0 aromatic heterocycles. The van der Waals surface area contributed by atoms with Gasteiger partial charge in [-0.1, -0.05) is 30.3 Å². The molecule has 3 aromatic carbocycles. The smallest absolute Gasteiger partial charge is 0.121 e. The highest BCUT2D eigenvalue weighted by atomic mass is 16.5. The van der Waals surface area contributed by atoms with E-state index in [1.165, 1.54) is 16.8 Å². The fourth-order valence-corrected chi connectivity index (χ4v) is 4.27. The molecule has 0 unspecified atom stereocenters. The van der Waals surface area contributed by atoms with Crippen LogP contribution < -0.4 is 19.3 Å². The monoisotopic (exact) mass is 475 g/mol. The van der Waals surface area contributed by atoms with Crippen molar-refractivity contribution in [3.63, 3.8) is 0 Å². The molecule has 0 atom stereocenters. The highest BCUT2D eigenvalue weighted by Crippen LogP contribution is 2.27. The van der Waals surface area contributed by atoms with E-state index in [0.717, 1.165) is 63.1 Å². The third-order valence-corrected chi connectivity index (χ3v) is 6.27. The number of ether oxygens (including phenoxy) is 3. The van der Waals surface area contributed by atoms with Crippen molar-refractivity contribution >= 4 is 11.4 Å². The van der Waals surface area contributed by atoms with Crippen molar-refractivity contribution in [3.05, 3.63) is 83.9 Å². The van der Waals surface area contributed by atoms with Gasteiger partial charge < -0.3 is 24.0 Å². The predicted molar refractivity (Wildman–Crippen MR) is 143 cm³/mol. The summed E-state index contributed by atoms with van der Waals surface area (Å²) in [5.74, 6) is 1.77. The highest BCUT2D eigenvalue weighted by Gasteiger charge is 2.13. The lowest BCUT2D eigenvalue weighted by Gasteiger charge is -2.27. The second-order valence-corrected chi connectivity index (χ2v) is 9.07. The van der Waals surface area contributed by atoms with E-state index >= 15 is 0 Å². The molecule has 0 radical (unpaired) electrons. The predicted octanol–water partition coefficient (Wildman–Crippen LogP) is 4.68. The second kappa shape index (κ2) is 12.5. The lowest BCUT2D eigenvalue weighted by atomic mass is 10.1. The fourth-order valence-electron chi connectivity index (χ4n) is 4.27. The van der Waals surface area contributed by atoms with Gasteiger partial charge in [-0.25, -0.2) is 0 Å². The van der Waals surface area contributed by atoms with E-state index in [2.05, 4.69) is 83.4 Å². The number of benzene rings is 3. The van der Waals surface area contributed by atoms with Crippen LogP contribution >= 0.6 is 0 Å². The molecule has 1 aliphatic rings. The zero-order valence-corrected chi connectivity index (χ0v) is 21.2. The minimum absolute atomic E-state index is 0.671. The number of rotatable bonds is 11. The first kappa shape index (κ1) is 24.9. The molecule has 1 saturated heterocycles. The maximum atomic E-state index is 6.15. The molecule has 0 saturated carbocycles. The molecule has 3 aromatic rings. The topological polar surface area (TPSA) is 37.4 Å². The van der Waals surface area contributed by atoms with Gasteiger partial charge in [0.05, 0.1) is 20.3 Å². The van der Waals surface area contributed by atoms with Gasteiger partial charge in [-0.3, -0.25) is 4.90 Å². The maximum Gasteiger partial charge on any atom is 0.121 e. The number of hydrogen-bond acceptors (Lipinski definition) is 6. The average Bonchev–Trinajstić information content (AvgIpc) is 2.89. The molecule has 186 valence electrons. The Kier molecular flexibility index (Phi) is 8.87. The molecule has 1 fully saturated rings. The Hall–Kier alpha value is -3.22. The number of morpholine rings is 1. The van der Waals surface area contributed by atoms with Crippen molar-refractivity contribution in [2.45, 2.75) is 13.1 Å². The number of hydrogen-bond donors (Lipinski definition) is 0. The molecule has 1 aliphatic heterocycles. The normalized spacial score (nSPS) is 13.9. The van der Waals surface area contributed by atoms with Crippen LogP contribution in [0.5, 0.6) is 11.5 Å². The zero-order valence-electron chi connectivity index (χ0n) is 21.2. The van der Waals surface area contributed by atoms with E-state index in [9.17, 15) is 0 Å². The largest absolute Gasteiger partial charge is 0.497 e. The number of nitrogens with zero attached hydrogens (tertiary/aromatic N) is 3. The van der Waals surface area contributed by atoms with E-state index in [1.807, 2.05) is 18.2 Å². The van der Waals surface area contributed by atoms with Crippen molar-refractivity contribution < 1.29 is 14.2 Å². The van der Waals surface area contributed by atoms with Gasteiger partial charge >= 0.3 is 0 Å². The highest BCUT2D eigenvalue weighted by molar-refractivity contribution is 5.53. The van der Waals surface area contributed by atoms with Crippen LogP contribution in [-0.2, 0) is 17.8 Å². The zero-order chi connectivity index (χ0) is 24.5. The van der Waals surface area contributed by atoms with Gasteiger partial charge in [0.2, 0.25) is 0 Å². The van der Waals surface area contributed by atoms with Gasteiger partial charge in [0, 0.05) is 64.3 Å². The molecule has 4 rings (SSSR count). The van der Waals surface area contributed by atoms with Crippen molar-refractivity contribution in [1.29, 1.82) is 0 Å². The number of methoxy groups -OCH3 is 1. The van der Waals surface area contributed by atoms with Crippen LogP contribution in [0.1, 0.15) is 11.1 Å². The van der Waals surface area contributed by atoms with Crippen LogP contribution in [0.15, 0.2) is 72.8 Å². The Morgan fingerprint density at radius 3 is 2.20 bits per heavy atom. The van der Waals surface area contributed by atoms with Crippen LogP contribution in [0.25, 0.3) is 0 Å². The van der Waals surface area contributed by atoms with E-state index < -0.39 is 0 Å². The molecule has 0 N–H and O–H groups in total. The van der Waals surface area contributed by atoms with Crippen LogP contribution in [-0.4, -0.2) is 65.6 Å². The van der Waals surface area contributed by atoms with Crippen molar-refractivity contribution in [2.75, 3.05) is 70.5 Å². The lowest BCUT2D eigenvalue weighted by molar-refractivity contribution is 0.0322. The van der Waals surface area contributed by atoms with Gasteiger partial charge in [0.25, 0.3) is 0 Å².